The molecule has 0 amide bonds. The van der Waals surface area contributed by atoms with Crippen LogP contribution in [0, 0.1) is 6.92 Å². The first-order chi connectivity index (χ1) is 8.20. The second-order valence-corrected chi connectivity index (χ2v) is 4.08. The molecule has 0 spiro atoms. The summed E-state index contributed by atoms with van der Waals surface area (Å²) in [4.78, 5) is 8.68. The summed E-state index contributed by atoms with van der Waals surface area (Å²) in [5.74, 6) is 1.12. The summed E-state index contributed by atoms with van der Waals surface area (Å²) < 4.78 is 5.14. The number of hydrogen-bond acceptors (Lipinski definition) is 3. The van der Waals surface area contributed by atoms with Crippen LogP contribution in [0.4, 0.5) is 0 Å². The molecule has 0 aliphatic carbocycles. The van der Waals surface area contributed by atoms with Gasteiger partial charge in [-0.3, -0.25) is 9.97 Å². The molecular formula is C14H16N2O. The van der Waals surface area contributed by atoms with Gasteiger partial charge in [-0.1, -0.05) is 19.1 Å². The van der Waals surface area contributed by atoms with E-state index in [1.807, 2.05) is 25.3 Å². The first kappa shape index (κ1) is 11.6. The summed E-state index contributed by atoms with van der Waals surface area (Å²) in [5.41, 5.74) is 3.14. The number of hydrogen-bond donors (Lipinski definition) is 0. The summed E-state index contributed by atoms with van der Waals surface area (Å²) in [6.45, 7) is 4.07. The molecule has 3 heteroatoms. The Labute approximate surface area is 102 Å². The fraction of sp³-hybridized carbons (Fsp3) is 0.286. The fourth-order valence-corrected chi connectivity index (χ4v) is 1.69. The van der Waals surface area contributed by atoms with Gasteiger partial charge >= 0.3 is 0 Å². The third-order valence-corrected chi connectivity index (χ3v) is 2.86. The lowest BCUT2D eigenvalue weighted by molar-refractivity contribution is 0.414. The van der Waals surface area contributed by atoms with Gasteiger partial charge in [0.1, 0.15) is 5.75 Å². The molecule has 2 aromatic rings. The van der Waals surface area contributed by atoms with E-state index in [1.54, 1.807) is 13.3 Å². The molecule has 0 fully saturated rings. The summed E-state index contributed by atoms with van der Waals surface area (Å²) in [7, 11) is 1.67. The molecule has 0 aliphatic rings. The minimum absolute atomic E-state index is 0.244. The van der Waals surface area contributed by atoms with Crippen molar-refractivity contribution in [3.8, 4) is 5.75 Å². The SMILES string of the molecule is COc1ccc(C(C)c2cnc(C)cn2)cc1. The van der Waals surface area contributed by atoms with E-state index in [1.165, 1.54) is 5.56 Å². The van der Waals surface area contributed by atoms with Crippen molar-refractivity contribution in [3.63, 3.8) is 0 Å². The van der Waals surface area contributed by atoms with Crippen LogP contribution in [0.15, 0.2) is 36.7 Å². The molecule has 1 heterocycles. The molecule has 0 saturated heterocycles. The van der Waals surface area contributed by atoms with E-state index in [0.717, 1.165) is 17.1 Å². The highest BCUT2D eigenvalue weighted by Gasteiger charge is 2.09. The van der Waals surface area contributed by atoms with Crippen molar-refractivity contribution in [1.29, 1.82) is 0 Å². The number of methoxy groups -OCH3 is 1. The van der Waals surface area contributed by atoms with Crippen LogP contribution in [-0.4, -0.2) is 17.1 Å². The number of aryl methyl sites for hydroxylation is 1. The molecule has 0 bridgehead atoms. The van der Waals surface area contributed by atoms with E-state index in [2.05, 4.69) is 29.0 Å². The Balaban J connectivity index is 2.23. The Kier molecular flexibility index (Phi) is 3.38. The van der Waals surface area contributed by atoms with E-state index in [0.29, 0.717) is 0 Å². The molecule has 0 N–H and O–H groups in total. The highest BCUT2D eigenvalue weighted by molar-refractivity contribution is 5.32. The zero-order chi connectivity index (χ0) is 12.3. The zero-order valence-electron chi connectivity index (χ0n) is 10.3. The van der Waals surface area contributed by atoms with E-state index in [-0.39, 0.29) is 5.92 Å². The Morgan fingerprint density at radius 3 is 2.29 bits per heavy atom. The molecular weight excluding hydrogens is 212 g/mol. The minimum Gasteiger partial charge on any atom is -0.497 e. The van der Waals surface area contributed by atoms with Crippen LogP contribution in [0.5, 0.6) is 5.75 Å². The van der Waals surface area contributed by atoms with Crippen LogP contribution in [0.2, 0.25) is 0 Å². The second-order valence-electron chi connectivity index (χ2n) is 4.08. The zero-order valence-corrected chi connectivity index (χ0v) is 10.3. The summed E-state index contributed by atoms with van der Waals surface area (Å²) in [5, 5.41) is 0. The third kappa shape index (κ3) is 2.61. The molecule has 0 radical (unpaired) electrons. The minimum atomic E-state index is 0.244. The summed E-state index contributed by atoms with van der Waals surface area (Å²) in [6.07, 6.45) is 3.64. The van der Waals surface area contributed by atoms with Gasteiger partial charge in [-0.05, 0) is 24.6 Å². The maximum Gasteiger partial charge on any atom is 0.118 e. The van der Waals surface area contributed by atoms with E-state index in [4.69, 9.17) is 4.74 Å². The number of aromatic nitrogens is 2. The monoisotopic (exact) mass is 228 g/mol. The van der Waals surface area contributed by atoms with Crippen molar-refractivity contribution < 1.29 is 4.74 Å². The van der Waals surface area contributed by atoms with Gasteiger partial charge in [-0.2, -0.15) is 0 Å². The molecule has 0 saturated carbocycles. The maximum absolute atomic E-state index is 5.14. The molecule has 2 rings (SSSR count). The van der Waals surface area contributed by atoms with Crippen molar-refractivity contribution in [2.45, 2.75) is 19.8 Å². The van der Waals surface area contributed by atoms with Gasteiger partial charge in [0.25, 0.3) is 0 Å². The predicted molar refractivity (Wildman–Crippen MR) is 67.3 cm³/mol. The van der Waals surface area contributed by atoms with Gasteiger partial charge in [0, 0.05) is 18.3 Å². The average molecular weight is 228 g/mol. The molecule has 17 heavy (non-hydrogen) atoms. The van der Waals surface area contributed by atoms with Gasteiger partial charge in [0.15, 0.2) is 0 Å². The quantitative estimate of drug-likeness (QED) is 0.810. The molecule has 1 aromatic heterocycles. The number of ether oxygens (including phenoxy) is 1. The van der Waals surface area contributed by atoms with Crippen LogP contribution in [-0.2, 0) is 0 Å². The van der Waals surface area contributed by atoms with Gasteiger partial charge in [0.05, 0.1) is 18.5 Å². The van der Waals surface area contributed by atoms with Crippen LogP contribution in [0.3, 0.4) is 0 Å². The van der Waals surface area contributed by atoms with Crippen molar-refractivity contribution in [3.05, 3.63) is 53.6 Å². The number of benzene rings is 1. The Morgan fingerprint density at radius 2 is 1.76 bits per heavy atom. The third-order valence-electron chi connectivity index (χ3n) is 2.86. The highest BCUT2D eigenvalue weighted by atomic mass is 16.5. The van der Waals surface area contributed by atoms with Gasteiger partial charge in [-0.15, -0.1) is 0 Å². The van der Waals surface area contributed by atoms with Crippen LogP contribution in [0.25, 0.3) is 0 Å². The average Bonchev–Trinajstić information content (AvgIpc) is 2.39. The molecule has 0 aliphatic heterocycles. The van der Waals surface area contributed by atoms with E-state index < -0.39 is 0 Å². The van der Waals surface area contributed by atoms with Gasteiger partial charge in [0.2, 0.25) is 0 Å². The fourth-order valence-electron chi connectivity index (χ4n) is 1.69. The Hall–Kier alpha value is -1.90. The van der Waals surface area contributed by atoms with Crippen LogP contribution < -0.4 is 4.74 Å². The largest absolute Gasteiger partial charge is 0.497 e. The lowest BCUT2D eigenvalue weighted by Gasteiger charge is -2.11. The first-order valence-corrected chi connectivity index (χ1v) is 5.63. The lowest BCUT2D eigenvalue weighted by atomic mass is 9.98. The topological polar surface area (TPSA) is 35.0 Å². The molecule has 1 unspecified atom stereocenters. The Bertz CT molecular complexity index is 477. The number of rotatable bonds is 3. The number of nitrogens with zero attached hydrogens (tertiary/aromatic N) is 2. The molecule has 1 aromatic carbocycles. The highest BCUT2D eigenvalue weighted by Crippen LogP contribution is 2.23. The maximum atomic E-state index is 5.14. The van der Waals surface area contributed by atoms with E-state index >= 15 is 0 Å². The smallest absolute Gasteiger partial charge is 0.118 e. The predicted octanol–water partition coefficient (Wildman–Crippen LogP) is 2.95. The van der Waals surface area contributed by atoms with Crippen molar-refractivity contribution in [2.75, 3.05) is 7.11 Å². The van der Waals surface area contributed by atoms with Crippen LogP contribution in [0.1, 0.15) is 29.8 Å². The van der Waals surface area contributed by atoms with Crippen LogP contribution >= 0.6 is 0 Å². The second kappa shape index (κ2) is 4.95. The summed E-state index contributed by atoms with van der Waals surface area (Å²) >= 11 is 0. The molecule has 88 valence electrons. The Morgan fingerprint density at radius 1 is 1.06 bits per heavy atom. The van der Waals surface area contributed by atoms with Gasteiger partial charge < -0.3 is 4.74 Å². The van der Waals surface area contributed by atoms with Crippen molar-refractivity contribution in [1.82, 2.24) is 9.97 Å². The first-order valence-electron chi connectivity index (χ1n) is 5.63. The molecule has 3 nitrogen and oxygen atoms in total. The van der Waals surface area contributed by atoms with Crippen molar-refractivity contribution >= 4 is 0 Å². The van der Waals surface area contributed by atoms with Gasteiger partial charge in [-0.25, -0.2) is 0 Å². The normalized spacial score (nSPS) is 12.2. The molecule has 1 atom stereocenters. The van der Waals surface area contributed by atoms with E-state index in [9.17, 15) is 0 Å². The standard InChI is InChI=1S/C14H16N2O/c1-10-8-16-14(9-15-10)11(2)12-4-6-13(17-3)7-5-12/h4-9,11H,1-3H3. The summed E-state index contributed by atoms with van der Waals surface area (Å²) in [6, 6.07) is 8.05. The lowest BCUT2D eigenvalue weighted by Crippen LogP contribution is -2.00. The van der Waals surface area contributed by atoms with Crippen molar-refractivity contribution in [2.24, 2.45) is 0 Å².